The molecule has 0 unspecified atom stereocenters. The van der Waals surface area contributed by atoms with Crippen LogP contribution >= 0.6 is 0 Å². The van der Waals surface area contributed by atoms with Crippen molar-refractivity contribution in [1.29, 1.82) is 0 Å². The fourth-order valence-electron chi connectivity index (χ4n) is 3.48. The smallest absolute Gasteiger partial charge is 0.265 e. The average Bonchev–Trinajstić information content (AvgIpc) is 2.80. The Kier molecular flexibility index (Phi) is 5.35. The van der Waals surface area contributed by atoms with E-state index in [1.165, 1.54) is 17.2 Å². The molecule has 0 radical (unpaired) electrons. The second-order valence-corrected chi connectivity index (χ2v) is 6.87. The van der Waals surface area contributed by atoms with Crippen molar-refractivity contribution in [2.24, 2.45) is 4.99 Å². The highest BCUT2D eigenvalue weighted by atomic mass is 16.5. The Bertz CT molecular complexity index is 1290. The topological polar surface area (TPSA) is 63.8 Å². The van der Waals surface area contributed by atoms with Crippen molar-refractivity contribution in [3.8, 4) is 17.3 Å². The molecule has 0 aliphatic heterocycles. The first kappa shape index (κ1) is 19.5. The lowest BCUT2D eigenvalue weighted by molar-refractivity contribution is 0.404. The number of pyridine rings is 1. The third-order valence-electron chi connectivity index (χ3n) is 5.12. The van der Waals surface area contributed by atoms with Crippen LogP contribution in [-0.4, -0.2) is 23.0 Å². The van der Waals surface area contributed by atoms with E-state index in [-0.39, 0.29) is 11.4 Å². The minimum absolute atomic E-state index is 0.183. The van der Waals surface area contributed by atoms with Gasteiger partial charge in [-0.1, -0.05) is 49.4 Å². The normalized spacial score (nSPS) is 11.3. The molecule has 0 aliphatic carbocycles. The van der Waals surface area contributed by atoms with Gasteiger partial charge in [-0.15, -0.1) is 0 Å². The molecule has 5 heteroatoms. The molecule has 0 atom stereocenters. The molecule has 1 aromatic heterocycles. The summed E-state index contributed by atoms with van der Waals surface area (Å²) in [5, 5.41) is 12.2. The first-order valence-corrected chi connectivity index (χ1v) is 9.77. The lowest BCUT2D eigenvalue weighted by Gasteiger charge is -2.16. The third kappa shape index (κ3) is 3.46. The van der Waals surface area contributed by atoms with Crippen LogP contribution < -0.4 is 10.3 Å². The van der Waals surface area contributed by atoms with Gasteiger partial charge < -0.3 is 9.84 Å². The molecular weight excluding hydrogens is 376 g/mol. The Hall–Kier alpha value is -3.86. The molecule has 5 nitrogen and oxygen atoms in total. The Morgan fingerprint density at radius 1 is 0.967 bits per heavy atom. The molecule has 4 rings (SSSR count). The number of hydrogen-bond acceptors (Lipinski definition) is 4. The van der Waals surface area contributed by atoms with E-state index < -0.39 is 0 Å². The van der Waals surface area contributed by atoms with Crippen LogP contribution in [0.4, 0.5) is 5.69 Å². The van der Waals surface area contributed by atoms with Crippen molar-refractivity contribution in [3.63, 3.8) is 0 Å². The summed E-state index contributed by atoms with van der Waals surface area (Å²) < 4.78 is 6.67. The zero-order valence-electron chi connectivity index (χ0n) is 16.9. The number of aryl methyl sites for hydroxylation is 1. The number of benzene rings is 3. The lowest BCUT2D eigenvalue weighted by Crippen LogP contribution is -2.20. The summed E-state index contributed by atoms with van der Waals surface area (Å²) in [5.74, 6) is 0.306. The summed E-state index contributed by atoms with van der Waals surface area (Å²) >= 11 is 0. The van der Waals surface area contributed by atoms with Gasteiger partial charge in [0.25, 0.3) is 5.56 Å². The standard InChI is InChI=1S/C25H22N2O3/c1-3-17-12-14-18(15-13-17)26-16-21-19-8-4-5-9-20(19)24(28)27(25(21)29)22-10-6-7-11-23(22)30-2/h4-16,29H,3H2,1-2H3. The minimum atomic E-state index is -0.322. The minimum Gasteiger partial charge on any atom is -0.495 e. The molecule has 150 valence electrons. The zero-order valence-corrected chi connectivity index (χ0v) is 16.9. The second-order valence-electron chi connectivity index (χ2n) is 6.87. The van der Waals surface area contributed by atoms with Gasteiger partial charge in [-0.2, -0.15) is 0 Å². The fraction of sp³-hybridized carbons (Fsp3) is 0.120. The van der Waals surface area contributed by atoms with E-state index in [1.54, 1.807) is 36.5 Å². The summed E-state index contributed by atoms with van der Waals surface area (Å²) in [6.07, 6.45) is 2.56. The van der Waals surface area contributed by atoms with E-state index in [0.717, 1.165) is 12.1 Å². The number of fused-ring (bicyclic) bond motifs is 1. The van der Waals surface area contributed by atoms with Crippen LogP contribution in [0.5, 0.6) is 11.6 Å². The summed E-state index contributed by atoms with van der Waals surface area (Å²) in [4.78, 5) is 17.8. The molecule has 0 bridgehead atoms. The Morgan fingerprint density at radius 3 is 2.33 bits per heavy atom. The number of methoxy groups -OCH3 is 1. The molecule has 0 saturated carbocycles. The van der Waals surface area contributed by atoms with E-state index in [2.05, 4.69) is 11.9 Å². The predicted octanol–water partition coefficient (Wildman–Crippen LogP) is 5.02. The number of hydrogen-bond donors (Lipinski definition) is 1. The maximum absolute atomic E-state index is 13.2. The van der Waals surface area contributed by atoms with Gasteiger partial charge in [0.15, 0.2) is 0 Å². The Morgan fingerprint density at radius 2 is 1.63 bits per heavy atom. The van der Waals surface area contributed by atoms with Crippen LogP contribution in [0.2, 0.25) is 0 Å². The number of aliphatic imine (C=N–C) groups is 1. The molecule has 1 N–H and O–H groups in total. The van der Waals surface area contributed by atoms with E-state index in [4.69, 9.17) is 4.74 Å². The summed E-state index contributed by atoms with van der Waals surface area (Å²) in [6.45, 7) is 2.10. The molecule has 30 heavy (non-hydrogen) atoms. The van der Waals surface area contributed by atoms with Gasteiger partial charge in [0.2, 0.25) is 5.88 Å². The molecule has 0 saturated heterocycles. The van der Waals surface area contributed by atoms with E-state index in [0.29, 0.717) is 27.8 Å². The first-order valence-electron chi connectivity index (χ1n) is 9.77. The summed E-state index contributed by atoms with van der Waals surface area (Å²) in [5.41, 5.74) is 2.61. The van der Waals surface area contributed by atoms with Crippen LogP contribution in [-0.2, 0) is 6.42 Å². The molecule has 4 aromatic rings. The number of aromatic hydroxyl groups is 1. The second kappa shape index (κ2) is 8.25. The number of rotatable bonds is 5. The largest absolute Gasteiger partial charge is 0.495 e. The highest BCUT2D eigenvalue weighted by Crippen LogP contribution is 2.30. The molecule has 0 spiro atoms. The van der Waals surface area contributed by atoms with Gasteiger partial charge in [-0.25, -0.2) is 4.57 Å². The summed E-state index contributed by atoms with van der Waals surface area (Å²) in [6, 6.07) is 22.2. The highest BCUT2D eigenvalue weighted by molar-refractivity contribution is 6.02. The van der Waals surface area contributed by atoms with Crippen molar-refractivity contribution in [2.75, 3.05) is 7.11 Å². The van der Waals surface area contributed by atoms with Crippen LogP contribution in [0.15, 0.2) is 82.6 Å². The Labute approximate surface area is 174 Å². The fourth-order valence-corrected chi connectivity index (χ4v) is 3.48. The molecular formula is C25H22N2O3. The lowest BCUT2D eigenvalue weighted by atomic mass is 10.1. The van der Waals surface area contributed by atoms with Gasteiger partial charge in [0.05, 0.1) is 24.0 Å². The number of ether oxygens (including phenoxy) is 1. The molecule has 3 aromatic carbocycles. The van der Waals surface area contributed by atoms with Crippen molar-refractivity contribution >= 4 is 22.7 Å². The first-order chi connectivity index (χ1) is 14.6. The molecule has 1 heterocycles. The van der Waals surface area contributed by atoms with Gasteiger partial charge in [-0.3, -0.25) is 9.79 Å². The van der Waals surface area contributed by atoms with Gasteiger partial charge in [0.1, 0.15) is 5.75 Å². The third-order valence-corrected chi connectivity index (χ3v) is 5.12. The maximum atomic E-state index is 13.2. The number of nitrogens with zero attached hydrogens (tertiary/aromatic N) is 2. The molecule has 0 amide bonds. The van der Waals surface area contributed by atoms with Gasteiger partial charge in [0, 0.05) is 17.0 Å². The van der Waals surface area contributed by atoms with E-state index in [1.807, 2.05) is 42.5 Å². The maximum Gasteiger partial charge on any atom is 0.265 e. The van der Waals surface area contributed by atoms with Crippen LogP contribution in [0.1, 0.15) is 18.1 Å². The number of para-hydroxylation sites is 2. The van der Waals surface area contributed by atoms with Crippen molar-refractivity contribution in [1.82, 2.24) is 4.57 Å². The Balaban J connectivity index is 1.95. The zero-order chi connectivity index (χ0) is 21.1. The van der Waals surface area contributed by atoms with E-state index >= 15 is 0 Å². The van der Waals surface area contributed by atoms with Crippen LogP contribution in [0, 0.1) is 0 Å². The van der Waals surface area contributed by atoms with Crippen molar-refractivity contribution in [3.05, 3.63) is 94.3 Å². The highest BCUT2D eigenvalue weighted by Gasteiger charge is 2.18. The summed E-state index contributed by atoms with van der Waals surface area (Å²) in [7, 11) is 1.53. The molecule has 0 fully saturated rings. The SMILES string of the molecule is CCc1ccc(N=Cc2c(O)n(-c3ccccc3OC)c(=O)c3ccccc23)cc1. The van der Waals surface area contributed by atoms with Crippen molar-refractivity contribution in [2.45, 2.75) is 13.3 Å². The van der Waals surface area contributed by atoms with Crippen LogP contribution in [0.25, 0.3) is 16.5 Å². The van der Waals surface area contributed by atoms with Gasteiger partial charge in [-0.05, 0) is 42.3 Å². The predicted molar refractivity (Wildman–Crippen MR) is 121 cm³/mol. The quantitative estimate of drug-likeness (QED) is 0.480. The average molecular weight is 398 g/mol. The van der Waals surface area contributed by atoms with Crippen molar-refractivity contribution < 1.29 is 9.84 Å². The monoisotopic (exact) mass is 398 g/mol. The van der Waals surface area contributed by atoms with Crippen LogP contribution in [0.3, 0.4) is 0 Å². The van der Waals surface area contributed by atoms with Gasteiger partial charge >= 0.3 is 0 Å². The molecule has 0 aliphatic rings. The van der Waals surface area contributed by atoms with E-state index in [9.17, 15) is 9.90 Å². The number of aromatic nitrogens is 1.